The minimum Gasteiger partial charge on any atom is -0.395 e. The largest absolute Gasteiger partial charge is 0.395 e. The fraction of sp³-hybridized carbons (Fsp3) is 0.381. The summed E-state index contributed by atoms with van der Waals surface area (Å²) in [4.78, 5) is 7.29. The van der Waals surface area contributed by atoms with E-state index in [-0.39, 0.29) is 12.4 Å². The number of rotatable bonds is 4. The highest BCUT2D eigenvalue weighted by Crippen LogP contribution is 2.25. The number of nitrogens with one attached hydrogen (secondary N) is 1. The van der Waals surface area contributed by atoms with Gasteiger partial charge in [0.25, 0.3) is 0 Å². The van der Waals surface area contributed by atoms with Gasteiger partial charge in [-0.25, -0.2) is 13.4 Å². The Morgan fingerprint density at radius 3 is 2.96 bits per heavy atom. The first kappa shape index (κ1) is 19.0. The van der Waals surface area contributed by atoms with Crippen LogP contribution in [0.15, 0.2) is 35.2 Å². The summed E-state index contributed by atoms with van der Waals surface area (Å²) in [5.41, 5.74) is 1.73. The molecule has 1 aromatic carbocycles. The first-order chi connectivity index (χ1) is 13.5. The highest BCUT2D eigenvalue weighted by Gasteiger charge is 2.26. The van der Waals surface area contributed by atoms with Crippen molar-refractivity contribution < 1.29 is 13.5 Å². The molecule has 0 saturated carbocycles. The maximum atomic E-state index is 12.6. The molecule has 2 aliphatic rings. The molecule has 0 spiro atoms. The minimum absolute atomic E-state index is 0.0427. The van der Waals surface area contributed by atoms with E-state index in [1.165, 1.54) is 0 Å². The molecular weight excluding hydrogens is 374 g/mol. The number of nitrogens with zero attached hydrogens (tertiary/aromatic N) is 2. The summed E-state index contributed by atoms with van der Waals surface area (Å²) in [5.74, 6) is 1.25. The monoisotopic (exact) mass is 399 g/mol. The van der Waals surface area contributed by atoms with Gasteiger partial charge in [-0.05, 0) is 24.0 Å². The summed E-state index contributed by atoms with van der Waals surface area (Å²) in [6, 6.07) is 9.17. The molecule has 0 fully saturated rings. The zero-order valence-corrected chi connectivity index (χ0v) is 16.7. The molecule has 1 aromatic heterocycles. The molecule has 2 heterocycles. The van der Waals surface area contributed by atoms with E-state index in [9.17, 15) is 13.5 Å². The van der Waals surface area contributed by atoms with Crippen molar-refractivity contribution in [2.24, 2.45) is 5.92 Å². The Labute approximate surface area is 165 Å². The number of aliphatic hydroxyl groups is 1. The Morgan fingerprint density at radius 1 is 1.32 bits per heavy atom. The molecule has 1 unspecified atom stereocenters. The smallest absolute Gasteiger partial charge is 0.180 e. The summed E-state index contributed by atoms with van der Waals surface area (Å²) in [7, 11) is -3.30. The fourth-order valence-corrected chi connectivity index (χ4v) is 5.30. The highest BCUT2D eigenvalue weighted by atomic mass is 32.2. The van der Waals surface area contributed by atoms with Crippen molar-refractivity contribution in [3.05, 3.63) is 46.5 Å². The second kappa shape index (κ2) is 7.56. The van der Waals surface area contributed by atoms with E-state index in [0.29, 0.717) is 30.4 Å². The molecular formula is C21H25N3O3S. The SMILES string of the molecule is CC1C=c2c(NCCO)cc(N3CCS(=O)(=O)c4ccccc4C3)nc2=CC1. The molecule has 2 N–H and O–H groups in total. The molecule has 148 valence electrons. The predicted molar refractivity (Wildman–Crippen MR) is 111 cm³/mol. The Hall–Kier alpha value is -2.38. The normalized spacial score (nSPS) is 20.2. The number of hydrogen-bond donors (Lipinski definition) is 2. The average molecular weight is 400 g/mol. The van der Waals surface area contributed by atoms with E-state index in [1.54, 1.807) is 12.1 Å². The molecule has 7 heteroatoms. The van der Waals surface area contributed by atoms with Crippen LogP contribution in [0.3, 0.4) is 0 Å². The molecule has 6 nitrogen and oxygen atoms in total. The van der Waals surface area contributed by atoms with Crippen LogP contribution in [0.25, 0.3) is 12.2 Å². The van der Waals surface area contributed by atoms with Crippen LogP contribution in [0.2, 0.25) is 0 Å². The van der Waals surface area contributed by atoms with E-state index in [2.05, 4.69) is 24.4 Å². The topological polar surface area (TPSA) is 82.5 Å². The molecule has 2 aromatic rings. The Kier molecular flexibility index (Phi) is 5.12. The number of benzene rings is 1. The van der Waals surface area contributed by atoms with Gasteiger partial charge in [-0.3, -0.25) is 0 Å². The van der Waals surface area contributed by atoms with Gasteiger partial charge in [-0.2, -0.15) is 0 Å². The third-order valence-corrected chi connectivity index (χ3v) is 7.05. The van der Waals surface area contributed by atoms with E-state index in [0.717, 1.165) is 34.1 Å². The Bertz CT molecular complexity index is 1110. The van der Waals surface area contributed by atoms with E-state index >= 15 is 0 Å². The molecule has 28 heavy (non-hydrogen) atoms. The van der Waals surface area contributed by atoms with Gasteiger partial charge in [0.15, 0.2) is 9.84 Å². The van der Waals surface area contributed by atoms with Crippen LogP contribution >= 0.6 is 0 Å². The van der Waals surface area contributed by atoms with E-state index in [4.69, 9.17) is 4.98 Å². The van der Waals surface area contributed by atoms with Gasteiger partial charge < -0.3 is 15.3 Å². The molecule has 1 atom stereocenters. The Morgan fingerprint density at radius 2 is 2.14 bits per heavy atom. The number of fused-ring (bicyclic) bond motifs is 2. The second-order valence-corrected chi connectivity index (χ2v) is 9.49. The quantitative estimate of drug-likeness (QED) is 0.794. The van der Waals surface area contributed by atoms with Crippen molar-refractivity contribution in [3.63, 3.8) is 0 Å². The van der Waals surface area contributed by atoms with Crippen LogP contribution < -0.4 is 20.8 Å². The highest BCUT2D eigenvalue weighted by molar-refractivity contribution is 7.91. The summed E-state index contributed by atoms with van der Waals surface area (Å²) in [5, 5.41) is 14.5. The number of pyridine rings is 1. The van der Waals surface area contributed by atoms with Crippen molar-refractivity contribution in [3.8, 4) is 0 Å². The van der Waals surface area contributed by atoms with Crippen molar-refractivity contribution in [1.29, 1.82) is 0 Å². The number of anilines is 2. The number of sulfone groups is 1. The summed E-state index contributed by atoms with van der Waals surface area (Å²) in [6.45, 7) is 3.55. The van der Waals surface area contributed by atoms with Crippen LogP contribution in [-0.4, -0.2) is 44.0 Å². The maximum Gasteiger partial charge on any atom is 0.180 e. The average Bonchev–Trinajstić information content (AvgIpc) is 2.82. The van der Waals surface area contributed by atoms with Crippen LogP contribution in [0.5, 0.6) is 0 Å². The van der Waals surface area contributed by atoms with Crippen molar-refractivity contribution in [2.75, 3.05) is 35.7 Å². The zero-order valence-electron chi connectivity index (χ0n) is 15.9. The van der Waals surface area contributed by atoms with Crippen LogP contribution in [-0.2, 0) is 16.4 Å². The third-order valence-electron chi connectivity index (χ3n) is 5.26. The van der Waals surface area contributed by atoms with Gasteiger partial charge in [-0.1, -0.05) is 37.3 Å². The van der Waals surface area contributed by atoms with Gasteiger partial charge in [0.1, 0.15) is 5.82 Å². The van der Waals surface area contributed by atoms with Gasteiger partial charge in [0.05, 0.1) is 22.6 Å². The van der Waals surface area contributed by atoms with Crippen molar-refractivity contribution in [2.45, 2.75) is 24.8 Å². The maximum absolute atomic E-state index is 12.6. The lowest BCUT2D eigenvalue weighted by molar-refractivity contribution is 0.311. The molecule has 0 saturated heterocycles. The van der Waals surface area contributed by atoms with Gasteiger partial charge in [0, 0.05) is 36.6 Å². The van der Waals surface area contributed by atoms with Crippen molar-refractivity contribution in [1.82, 2.24) is 4.98 Å². The summed E-state index contributed by atoms with van der Waals surface area (Å²) >= 11 is 0. The van der Waals surface area contributed by atoms with Gasteiger partial charge in [-0.15, -0.1) is 0 Å². The van der Waals surface area contributed by atoms with Crippen LogP contribution in [0, 0.1) is 5.92 Å². The Balaban J connectivity index is 1.79. The molecule has 0 amide bonds. The molecule has 4 rings (SSSR count). The predicted octanol–water partition coefficient (Wildman–Crippen LogP) is 0.880. The lowest BCUT2D eigenvalue weighted by atomic mass is 10.0. The van der Waals surface area contributed by atoms with Crippen LogP contribution in [0.4, 0.5) is 11.5 Å². The van der Waals surface area contributed by atoms with Gasteiger partial charge >= 0.3 is 0 Å². The summed E-state index contributed by atoms with van der Waals surface area (Å²) in [6.07, 6.45) is 5.27. The summed E-state index contributed by atoms with van der Waals surface area (Å²) < 4.78 is 25.3. The van der Waals surface area contributed by atoms with Gasteiger partial charge in [0.2, 0.25) is 0 Å². The molecule has 0 radical (unpaired) electrons. The lowest BCUT2D eigenvalue weighted by Gasteiger charge is -2.23. The van der Waals surface area contributed by atoms with Crippen LogP contribution in [0.1, 0.15) is 18.9 Å². The molecule has 1 aliphatic carbocycles. The van der Waals surface area contributed by atoms with E-state index in [1.807, 2.05) is 23.1 Å². The third kappa shape index (κ3) is 3.64. The lowest BCUT2D eigenvalue weighted by Crippen LogP contribution is -2.37. The number of aliphatic hydroxyl groups excluding tert-OH is 1. The first-order valence-corrected chi connectivity index (χ1v) is 11.3. The minimum atomic E-state index is -3.30. The fourth-order valence-electron chi connectivity index (χ4n) is 3.80. The standard InChI is InChI=1S/C21H25N3O3S/c1-15-6-7-18-17(12-15)19(22-8-10-25)13-21(23-18)24-9-11-28(26,27)20-5-3-2-4-16(20)14-24/h2-5,7,12-13,15,22,25H,6,8-11,14H2,1H3. The first-order valence-electron chi connectivity index (χ1n) is 9.61. The second-order valence-electron chi connectivity index (χ2n) is 7.41. The zero-order chi connectivity index (χ0) is 19.7. The molecule has 1 aliphatic heterocycles. The molecule has 0 bridgehead atoms. The number of hydrogen-bond acceptors (Lipinski definition) is 6. The van der Waals surface area contributed by atoms with Crippen molar-refractivity contribution >= 4 is 33.5 Å². The number of aromatic nitrogens is 1. The van der Waals surface area contributed by atoms with E-state index < -0.39 is 9.84 Å².